The number of benzene rings is 1. The van der Waals surface area contributed by atoms with Crippen LogP contribution in [-0.4, -0.2) is 30.5 Å². The van der Waals surface area contributed by atoms with Gasteiger partial charge < -0.3 is 9.73 Å². The van der Waals surface area contributed by atoms with Gasteiger partial charge in [0, 0.05) is 5.56 Å². The van der Waals surface area contributed by atoms with Gasteiger partial charge in [-0.2, -0.15) is 10.1 Å². The van der Waals surface area contributed by atoms with Crippen molar-refractivity contribution in [3.8, 4) is 11.5 Å². The van der Waals surface area contributed by atoms with Crippen LogP contribution in [0.4, 0.5) is 0 Å². The van der Waals surface area contributed by atoms with Crippen LogP contribution in [0.2, 0.25) is 0 Å². The molecule has 0 fully saturated rings. The van der Waals surface area contributed by atoms with Gasteiger partial charge in [0.2, 0.25) is 5.89 Å². The molecule has 4 rings (SSSR count). The Labute approximate surface area is 155 Å². The highest BCUT2D eigenvalue weighted by atomic mass is 16.3. The number of hydrogen-bond donors (Lipinski definition) is 1. The molecule has 0 spiro atoms. The molecule has 4 aromatic rings. The zero-order valence-electron chi connectivity index (χ0n) is 15.0. The van der Waals surface area contributed by atoms with Gasteiger partial charge in [0.25, 0.3) is 11.7 Å². The fourth-order valence-corrected chi connectivity index (χ4v) is 2.73. The van der Waals surface area contributed by atoms with Gasteiger partial charge in [-0.05, 0) is 24.1 Å². The molecule has 8 heteroatoms. The SMILES string of the molecule is CC(C)c1cc(C(=O)NCc2coc(-c3ccccc3)n2)nc2ncnn12. The average Bonchev–Trinajstić information content (AvgIpc) is 3.35. The van der Waals surface area contributed by atoms with Crippen molar-refractivity contribution in [1.82, 2.24) is 29.9 Å². The monoisotopic (exact) mass is 362 g/mol. The first-order valence-corrected chi connectivity index (χ1v) is 8.60. The second kappa shape index (κ2) is 6.99. The van der Waals surface area contributed by atoms with E-state index in [0.29, 0.717) is 23.1 Å². The summed E-state index contributed by atoms with van der Waals surface area (Å²) in [5, 5.41) is 6.98. The van der Waals surface area contributed by atoms with Crippen LogP contribution in [0.5, 0.6) is 0 Å². The molecule has 0 aliphatic heterocycles. The number of aromatic nitrogens is 5. The Morgan fingerprint density at radius 3 is 2.81 bits per heavy atom. The Bertz CT molecular complexity index is 1080. The van der Waals surface area contributed by atoms with E-state index in [1.165, 1.54) is 12.6 Å². The molecule has 27 heavy (non-hydrogen) atoms. The van der Waals surface area contributed by atoms with E-state index in [-0.39, 0.29) is 18.4 Å². The highest BCUT2D eigenvalue weighted by molar-refractivity contribution is 5.92. The number of hydrogen-bond acceptors (Lipinski definition) is 6. The van der Waals surface area contributed by atoms with E-state index in [0.717, 1.165) is 11.3 Å². The molecule has 0 saturated carbocycles. The van der Waals surface area contributed by atoms with E-state index in [9.17, 15) is 4.79 Å². The minimum Gasteiger partial charge on any atom is -0.444 e. The van der Waals surface area contributed by atoms with Gasteiger partial charge in [-0.1, -0.05) is 32.0 Å². The lowest BCUT2D eigenvalue weighted by atomic mass is 10.1. The highest BCUT2D eigenvalue weighted by Crippen LogP contribution is 2.18. The van der Waals surface area contributed by atoms with Crippen LogP contribution in [-0.2, 0) is 6.54 Å². The lowest BCUT2D eigenvalue weighted by Gasteiger charge is -2.09. The summed E-state index contributed by atoms with van der Waals surface area (Å²) >= 11 is 0. The molecule has 1 amide bonds. The maximum absolute atomic E-state index is 12.5. The summed E-state index contributed by atoms with van der Waals surface area (Å²) in [6, 6.07) is 11.3. The van der Waals surface area contributed by atoms with Crippen LogP contribution in [0.15, 0.2) is 53.4 Å². The van der Waals surface area contributed by atoms with E-state index >= 15 is 0 Å². The summed E-state index contributed by atoms with van der Waals surface area (Å²) in [7, 11) is 0. The zero-order valence-corrected chi connectivity index (χ0v) is 15.0. The number of rotatable bonds is 5. The maximum Gasteiger partial charge on any atom is 0.270 e. The predicted octanol–water partition coefficient (Wildman–Crippen LogP) is 2.83. The molecule has 136 valence electrons. The topological polar surface area (TPSA) is 98.2 Å². The quantitative estimate of drug-likeness (QED) is 0.586. The fraction of sp³-hybridized carbons (Fsp3) is 0.211. The molecule has 1 N–H and O–H groups in total. The Morgan fingerprint density at radius 1 is 1.22 bits per heavy atom. The van der Waals surface area contributed by atoms with Crippen molar-refractivity contribution in [3.63, 3.8) is 0 Å². The summed E-state index contributed by atoms with van der Waals surface area (Å²) < 4.78 is 7.13. The standard InChI is InChI=1S/C19H18N6O2/c1-12(2)16-8-15(24-19-21-11-22-25(16)19)17(26)20-9-14-10-27-18(23-14)13-6-4-3-5-7-13/h3-8,10-12H,9H2,1-2H3,(H,20,26). The van der Waals surface area contributed by atoms with Crippen molar-refractivity contribution in [1.29, 1.82) is 0 Å². The molecular weight excluding hydrogens is 344 g/mol. The largest absolute Gasteiger partial charge is 0.444 e. The molecule has 0 radical (unpaired) electrons. The Morgan fingerprint density at radius 2 is 2.04 bits per heavy atom. The van der Waals surface area contributed by atoms with Crippen LogP contribution in [0, 0.1) is 0 Å². The third kappa shape index (κ3) is 3.41. The fourth-order valence-electron chi connectivity index (χ4n) is 2.73. The summed E-state index contributed by atoms with van der Waals surface area (Å²) in [5.41, 5.74) is 2.69. The Hall–Kier alpha value is -3.55. The molecule has 0 atom stereocenters. The van der Waals surface area contributed by atoms with Gasteiger partial charge in [-0.15, -0.1) is 0 Å². The summed E-state index contributed by atoms with van der Waals surface area (Å²) in [5.74, 6) is 0.795. The number of nitrogens with zero attached hydrogens (tertiary/aromatic N) is 5. The van der Waals surface area contributed by atoms with Crippen molar-refractivity contribution in [2.75, 3.05) is 0 Å². The first-order valence-electron chi connectivity index (χ1n) is 8.60. The lowest BCUT2D eigenvalue weighted by molar-refractivity contribution is 0.0945. The average molecular weight is 362 g/mol. The number of nitrogens with one attached hydrogen (secondary N) is 1. The molecule has 0 aliphatic carbocycles. The normalized spacial score (nSPS) is 11.2. The zero-order chi connectivity index (χ0) is 18.8. The number of amides is 1. The Balaban J connectivity index is 1.50. The van der Waals surface area contributed by atoms with Crippen molar-refractivity contribution in [2.45, 2.75) is 26.3 Å². The van der Waals surface area contributed by atoms with E-state index < -0.39 is 0 Å². The smallest absolute Gasteiger partial charge is 0.270 e. The minimum atomic E-state index is -0.299. The van der Waals surface area contributed by atoms with Gasteiger partial charge in [-0.25, -0.2) is 14.5 Å². The maximum atomic E-state index is 12.5. The predicted molar refractivity (Wildman–Crippen MR) is 98.0 cm³/mol. The number of carbonyl (C=O) groups excluding carboxylic acids is 1. The van der Waals surface area contributed by atoms with Crippen molar-refractivity contribution >= 4 is 11.7 Å². The molecular formula is C19H18N6O2. The van der Waals surface area contributed by atoms with E-state index in [2.05, 4.69) is 25.4 Å². The third-order valence-electron chi connectivity index (χ3n) is 4.11. The van der Waals surface area contributed by atoms with Crippen LogP contribution in [0.3, 0.4) is 0 Å². The number of oxazole rings is 1. The van der Waals surface area contributed by atoms with Gasteiger partial charge in [0.15, 0.2) is 0 Å². The van der Waals surface area contributed by atoms with Gasteiger partial charge in [0.1, 0.15) is 18.3 Å². The van der Waals surface area contributed by atoms with Gasteiger partial charge >= 0.3 is 0 Å². The lowest BCUT2D eigenvalue weighted by Crippen LogP contribution is -2.25. The van der Waals surface area contributed by atoms with Gasteiger partial charge in [-0.3, -0.25) is 4.79 Å². The minimum absolute atomic E-state index is 0.174. The van der Waals surface area contributed by atoms with E-state index in [1.54, 1.807) is 10.6 Å². The van der Waals surface area contributed by atoms with Crippen LogP contribution < -0.4 is 5.32 Å². The molecule has 0 bridgehead atoms. The third-order valence-corrected chi connectivity index (χ3v) is 4.11. The second-order valence-electron chi connectivity index (χ2n) is 6.39. The number of carbonyl (C=O) groups is 1. The first kappa shape index (κ1) is 16.9. The molecule has 0 unspecified atom stereocenters. The molecule has 0 aliphatic rings. The van der Waals surface area contributed by atoms with E-state index in [1.807, 2.05) is 44.2 Å². The van der Waals surface area contributed by atoms with Crippen molar-refractivity contribution in [3.05, 3.63) is 66.1 Å². The van der Waals surface area contributed by atoms with Crippen LogP contribution in [0.25, 0.3) is 17.2 Å². The van der Waals surface area contributed by atoms with Gasteiger partial charge in [0.05, 0.1) is 17.9 Å². The van der Waals surface area contributed by atoms with E-state index in [4.69, 9.17) is 4.42 Å². The summed E-state index contributed by atoms with van der Waals surface area (Å²) in [6.07, 6.45) is 2.97. The molecule has 0 saturated heterocycles. The number of fused-ring (bicyclic) bond motifs is 1. The summed E-state index contributed by atoms with van der Waals surface area (Å²) in [4.78, 5) is 25.3. The first-order chi connectivity index (χ1) is 13.1. The molecule has 3 aromatic heterocycles. The van der Waals surface area contributed by atoms with Crippen molar-refractivity contribution < 1.29 is 9.21 Å². The summed E-state index contributed by atoms with van der Waals surface area (Å²) in [6.45, 7) is 4.29. The van der Waals surface area contributed by atoms with Crippen molar-refractivity contribution in [2.24, 2.45) is 0 Å². The molecule has 8 nitrogen and oxygen atoms in total. The van der Waals surface area contributed by atoms with Crippen LogP contribution >= 0.6 is 0 Å². The highest BCUT2D eigenvalue weighted by Gasteiger charge is 2.16. The molecule has 3 heterocycles. The van der Waals surface area contributed by atoms with Crippen LogP contribution in [0.1, 0.15) is 41.6 Å². The molecule has 1 aromatic carbocycles. The second-order valence-corrected chi connectivity index (χ2v) is 6.39. The Kier molecular flexibility index (Phi) is 4.37.